The Hall–Kier alpha value is -2.90. The predicted octanol–water partition coefficient (Wildman–Crippen LogP) is 2.43. The van der Waals surface area contributed by atoms with E-state index in [4.69, 9.17) is 17.3 Å². The van der Waals surface area contributed by atoms with Gasteiger partial charge in [0, 0.05) is 43.5 Å². The van der Waals surface area contributed by atoms with Crippen LogP contribution in [-0.2, 0) is 4.79 Å². The molecule has 8 heteroatoms. The van der Waals surface area contributed by atoms with Gasteiger partial charge in [0.05, 0.1) is 5.54 Å². The number of imidazole rings is 1. The summed E-state index contributed by atoms with van der Waals surface area (Å²) in [5.41, 5.74) is 8.29. The van der Waals surface area contributed by atoms with Gasteiger partial charge in [-0.2, -0.15) is 0 Å². The van der Waals surface area contributed by atoms with Crippen molar-refractivity contribution < 1.29 is 9.59 Å². The minimum Gasteiger partial charge on any atom is -0.338 e. The fraction of sp³-hybridized carbons (Fsp3) is 0.318. The Bertz CT molecular complexity index is 1130. The van der Waals surface area contributed by atoms with Crippen molar-refractivity contribution in [2.75, 3.05) is 26.2 Å². The van der Waals surface area contributed by atoms with E-state index in [1.807, 2.05) is 40.9 Å². The first-order valence-corrected chi connectivity index (χ1v) is 10.4. The first-order chi connectivity index (χ1) is 14.5. The molecule has 154 valence electrons. The molecule has 0 atom stereocenters. The molecular weight excluding hydrogens is 402 g/mol. The average molecular weight is 424 g/mol. The zero-order valence-electron chi connectivity index (χ0n) is 16.4. The van der Waals surface area contributed by atoms with Crippen molar-refractivity contribution in [2.45, 2.75) is 18.4 Å². The topological polar surface area (TPSA) is 83.9 Å². The first-order valence-electron chi connectivity index (χ1n) is 10.1. The number of amides is 2. The molecule has 3 heterocycles. The Kier molecular flexibility index (Phi) is 4.52. The highest BCUT2D eigenvalue weighted by Crippen LogP contribution is 2.34. The van der Waals surface area contributed by atoms with Crippen LogP contribution in [0.25, 0.3) is 16.9 Å². The van der Waals surface area contributed by atoms with Crippen LogP contribution in [0.3, 0.4) is 0 Å². The normalized spacial score (nSPS) is 17.9. The quantitative estimate of drug-likeness (QED) is 0.701. The lowest BCUT2D eigenvalue weighted by Gasteiger charge is -2.36. The number of nitrogens with zero attached hydrogens (tertiary/aromatic N) is 4. The maximum atomic E-state index is 12.9. The number of piperazine rings is 1. The van der Waals surface area contributed by atoms with Crippen LogP contribution in [-0.4, -0.2) is 62.7 Å². The number of fused-ring (bicyclic) bond motifs is 1. The highest BCUT2D eigenvalue weighted by Gasteiger charge is 2.48. The standard InChI is InChI=1S/C22H22ClN5O2/c23-19-18(25-17-3-1-2-10-28(17)19)15-4-6-16(7-5-15)20(29)26-11-13-27(14-12-26)21(30)22(24)8-9-22/h1-7,10H,8-9,11-14,24H2. The Labute approximate surface area is 179 Å². The Morgan fingerprint density at radius 3 is 2.27 bits per heavy atom. The smallest absolute Gasteiger partial charge is 0.253 e. The molecule has 1 saturated carbocycles. The molecular formula is C22H22ClN5O2. The Morgan fingerprint density at radius 2 is 1.63 bits per heavy atom. The van der Waals surface area contributed by atoms with Gasteiger partial charge in [-0.1, -0.05) is 29.8 Å². The number of aromatic nitrogens is 2. The van der Waals surface area contributed by atoms with Gasteiger partial charge < -0.3 is 15.5 Å². The first kappa shape index (κ1) is 19.1. The third kappa shape index (κ3) is 3.24. The van der Waals surface area contributed by atoms with Crippen molar-refractivity contribution >= 4 is 29.1 Å². The summed E-state index contributed by atoms with van der Waals surface area (Å²) in [6, 6.07) is 13.0. The molecule has 0 bridgehead atoms. The average Bonchev–Trinajstić information content (AvgIpc) is 3.46. The van der Waals surface area contributed by atoms with Crippen LogP contribution in [0, 0.1) is 0 Å². The van der Waals surface area contributed by atoms with E-state index >= 15 is 0 Å². The van der Waals surface area contributed by atoms with Crippen LogP contribution in [0.2, 0.25) is 5.15 Å². The van der Waals surface area contributed by atoms with Gasteiger partial charge in [-0.3, -0.25) is 14.0 Å². The van der Waals surface area contributed by atoms with E-state index in [1.54, 1.807) is 21.9 Å². The van der Waals surface area contributed by atoms with Crippen LogP contribution >= 0.6 is 11.6 Å². The fourth-order valence-electron chi connectivity index (χ4n) is 3.88. The molecule has 2 amide bonds. The Morgan fingerprint density at radius 1 is 0.967 bits per heavy atom. The van der Waals surface area contributed by atoms with Gasteiger partial charge in [-0.05, 0) is 37.1 Å². The maximum Gasteiger partial charge on any atom is 0.253 e. The third-order valence-corrected chi connectivity index (χ3v) is 6.31. The van der Waals surface area contributed by atoms with E-state index in [-0.39, 0.29) is 11.8 Å². The Balaban J connectivity index is 1.28. The lowest BCUT2D eigenvalue weighted by molar-refractivity contribution is -0.135. The van der Waals surface area contributed by atoms with Crippen LogP contribution in [0.4, 0.5) is 0 Å². The van der Waals surface area contributed by atoms with Crippen LogP contribution in [0.1, 0.15) is 23.2 Å². The third-order valence-electron chi connectivity index (χ3n) is 5.95. The zero-order chi connectivity index (χ0) is 20.9. The molecule has 5 rings (SSSR count). The van der Waals surface area contributed by atoms with Gasteiger partial charge in [-0.15, -0.1) is 0 Å². The summed E-state index contributed by atoms with van der Waals surface area (Å²) >= 11 is 6.48. The summed E-state index contributed by atoms with van der Waals surface area (Å²) in [5.74, 6) is -0.0214. The number of rotatable bonds is 3. The van der Waals surface area contributed by atoms with Gasteiger partial charge in [0.25, 0.3) is 5.91 Å². The molecule has 1 saturated heterocycles. The fourth-order valence-corrected chi connectivity index (χ4v) is 4.17. The lowest BCUT2D eigenvalue weighted by Crippen LogP contribution is -2.55. The molecule has 0 spiro atoms. The number of pyridine rings is 1. The number of benzene rings is 1. The summed E-state index contributed by atoms with van der Waals surface area (Å²) in [6.45, 7) is 2.08. The van der Waals surface area contributed by atoms with Crippen LogP contribution in [0.15, 0.2) is 48.7 Å². The summed E-state index contributed by atoms with van der Waals surface area (Å²) in [4.78, 5) is 33.4. The number of carbonyl (C=O) groups excluding carboxylic acids is 2. The van der Waals surface area contributed by atoms with Gasteiger partial charge in [0.15, 0.2) is 0 Å². The number of hydrogen-bond donors (Lipinski definition) is 1. The van der Waals surface area contributed by atoms with E-state index < -0.39 is 5.54 Å². The van der Waals surface area contributed by atoms with Gasteiger partial charge >= 0.3 is 0 Å². The molecule has 1 aliphatic heterocycles. The predicted molar refractivity (Wildman–Crippen MR) is 114 cm³/mol. The number of nitrogens with two attached hydrogens (primary N) is 1. The molecule has 0 radical (unpaired) electrons. The van der Waals surface area contributed by atoms with E-state index in [2.05, 4.69) is 4.98 Å². The SMILES string of the molecule is NC1(C(=O)N2CCN(C(=O)c3ccc(-c4nc5ccccn5c4Cl)cc3)CC2)CC1. The lowest BCUT2D eigenvalue weighted by atomic mass is 10.1. The molecule has 1 aliphatic carbocycles. The minimum atomic E-state index is -0.652. The molecule has 7 nitrogen and oxygen atoms in total. The number of carbonyl (C=O) groups is 2. The highest BCUT2D eigenvalue weighted by atomic mass is 35.5. The second-order valence-corrected chi connectivity index (χ2v) is 8.36. The largest absolute Gasteiger partial charge is 0.338 e. The zero-order valence-corrected chi connectivity index (χ0v) is 17.2. The minimum absolute atomic E-state index is 0.0169. The summed E-state index contributed by atoms with van der Waals surface area (Å²) in [7, 11) is 0. The molecule has 0 unspecified atom stereocenters. The second-order valence-electron chi connectivity index (χ2n) is 8.00. The molecule has 2 N–H and O–H groups in total. The maximum absolute atomic E-state index is 12.9. The summed E-state index contributed by atoms with van der Waals surface area (Å²) in [6.07, 6.45) is 3.38. The van der Waals surface area contributed by atoms with Crippen LogP contribution in [0.5, 0.6) is 0 Å². The molecule has 2 fully saturated rings. The molecule has 30 heavy (non-hydrogen) atoms. The van der Waals surface area contributed by atoms with Crippen molar-refractivity contribution in [1.82, 2.24) is 19.2 Å². The van der Waals surface area contributed by atoms with Crippen molar-refractivity contribution in [3.05, 3.63) is 59.4 Å². The van der Waals surface area contributed by atoms with Crippen molar-refractivity contribution in [3.63, 3.8) is 0 Å². The van der Waals surface area contributed by atoms with E-state index in [1.165, 1.54) is 0 Å². The highest BCUT2D eigenvalue weighted by molar-refractivity contribution is 6.32. The van der Waals surface area contributed by atoms with E-state index in [0.29, 0.717) is 42.6 Å². The molecule has 2 aromatic heterocycles. The molecule has 1 aromatic carbocycles. The summed E-state index contributed by atoms with van der Waals surface area (Å²) < 4.78 is 1.82. The van der Waals surface area contributed by atoms with Crippen molar-refractivity contribution in [2.24, 2.45) is 5.73 Å². The van der Waals surface area contributed by atoms with Gasteiger partial charge in [-0.25, -0.2) is 4.98 Å². The second kappa shape index (κ2) is 7.11. The van der Waals surface area contributed by atoms with Gasteiger partial charge in [0.2, 0.25) is 5.91 Å². The number of halogens is 1. The van der Waals surface area contributed by atoms with E-state index in [0.717, 1.165) is 24.1 Å². The van der Waals surface area contributed by atoms with Crippen molar-refractivity contribution in [1.29, 1.82) is 0 Å². The number of hydrogen-bond acceptors (Lipinski definition) is 4. The molecule has 2 aliphatic rings. The van der Waals surface area contributed by atoms with Crippen molar-refractivity contribution in [3.8, 4) is 11.3 Å². The monoisotopic (exact) mass is 423 g/mol. The van der Waals surface area contributed by atoms with Crippen LogP contribution < -0.4 is 5.73 Å². The van der Waals surface area contributed by atoms with E-state index in [9.17, 15) is 9.59 Å². The molecule has 3 aromatic rings. The van der Waals surface area contributed by atoms with Gasteiger partial charge in [0.1, 0.15) is 16.5 Å². The summed E-state index contributed by atoms with van der Waals surface area (Å²) in [5, 5.41) is 0.541.